The third-order valence-electron chi connectivity index (χ3n) is 2.35. The van der Waals surface area contributed by atoms with Crippen molar-refractivity contribution in [2.75, 3.05) is 0 Å². The van der Waals surface area contributed by atoms with E-state index < -0.39 is 0 Å². The summed E-state index contributed by atoms with van der Waals surface area (Å²) < 4.78 is 6.49. The van der Waals surface area contributed by atoms with Gasteiger partial charge in [0.25, 0.3) is 0 Å². The Hall–Kier alpha value is -1.24. The van der Waals surface area contributed by atoms with Gasteiger partial charge in [0.05, 0.1) is 4.75 Å². The zero-order valence-corrected chi connectivity index (χ0v) is 8.90. The molecule has 0 aliphatic carbocycles. The van der Waals surface area contributed by atoms with Crippen molar-refractivity contribution in [3.05, 3.63) is 24.4 Å². The van der Waals surface area contributed by atoms with Crippen molar-refractivity contribution in [2.24, 2.45) is 0 Å². The largest absolute Gasteiger partial charge is 0.462 e. The van der Waals surface area contributed by atoms with E-state index in [2.05, 4.69) is 15.8 Å². The summed E-state index contributed by atoms with van der Waals surface area (Å²) in [7, 11) is 0. The third-order valence-corrected chi connectivity index (χ3v) is 3.09. The molecule has 1 radical (unpaired) electrons. The number of nitrogens with one attached hydrogen (secondary N) is 1. The quantitative estimate of drug-likeness (QED) is 0.606. The highest BCUT2D eigenvalue weighted by atomic mass is 27.1. The highest BCUT2D eigenvalue weighted by Crippen LogP contribution is 2.21. The Balaban J connectivity index is 2.49. The first kappa shape index (κ1) is 8.10. The van der Waals surface area contributed by atoms with Gasteiger partial charge in [-0.1, -0.05) is 0 Å². The summed E-state index contributed by atoms with van der Waals surface area (Å²) in [5, 5.41) is 1.14. The molecule has 1 aromatic carbocycles. The summed E-state index contributed by atoms with van der Waals surface area (Å²) in [6.45, 7) is 0. The molecule has 0 fully saturated rings. The monoisotopic (exact) mass is 199 g/mol. The Morgan fingerprint density at radius 2 is 2.29 bits per heavy atom. The lowest BCUT2D eigenvalue weighted by atomic mass is 10.2. The predicted octanol–water partition coefficient (Wildman–Crippen LogP) is 1.69. The Morgan fingerprint density at radius 1 is 1.36 bits per heavy atom. The molecule has 0 bridgehead atoms. The van der Waals surface area contributed by atoms with Gasteiger partial charge in [0.2, 0.25) is 0 Å². The third kappa shape index (κ3) is 1.02. The molecule has 4 heteroatoms. The molecule has 0 unspecified atom stereocenters. The van der Waals surface area contributed by atoms with Crippen LogP contribution >= 0.6 is 0 Å². The zero-order chi connectivity index (χ0) is 9.54. The predicted molar refractivity (Wildman–Crippen MR) is 57.1 cm³/mol. The summed E-state index contributed by atoms with van der Waals surface area (Å²) in [6.07, 6.45) is 1.93. The lowest BCUT2D eigenvalue weighted by molar-refractivity contribution is 0.643. The van der Waals surface area contributed by atoms with E-state index in [9.17, 15) is 0 Å². The van der Waals surface area contributed by atoms with E-state index in [0.29, 0.717) is 0 Å². The van der Waals surface area contributed by atoms with Gasteiger partial charge in [0.1, 0.15) is 5.52 Å². The van der Waals surface area contributed by atoms with Crippen molar-refractivity contribution < 1.29 is 4.42 Å². The van der Waals surface area contributed by atoms with Crippen molar-refractivity contribution in [2.45, 2.75) is 5.79 Å². The van der Waals surface area contributed by atoms with Crippen molar-refractivity contribution in [3.63, 3.8) is 0 Å². The maximum Gasteiger partial charge on any atom is 0.343 e. The number of hydrogen-bond donors (Lipinski definition) is 1. The molecule has 0 aliphatic heterocycles. The second kappa shape index (κ2) is 2.88. The maximum absolute atomic E-state index is 5.61. The second-order valence-electron chi connectivity index (χ2n) is 3.19. The maximum atomic E-state index is 5.61. The van der Waals surface area contributed by atoms with Crippen molar-refractivity contribution in [3.8, 4) is 0 Å². The second-order valence-corrected chi connectivity index (χ2v) is 4.26. The minimum absolute atomic E-state index is 0.150. The average molecular weight is 199 g/mol. The van der Waals surface area contributed by atoms with Gasteiger partial charge in [-0.15, -0.1) is 5.79 Å². The molecular formula is C10H8AlN2O. The van der Waals surface area contributed by atoms with Gasteiger partial charge in [-0.25, -0.2) is 4.98 Å². The minimum Gasteiger partial charge on any atom is -0.462 e. The molecule has 14 heavy (non-hydrogen) atoms. The lowest BCUT2D eigenvalue weighted by Crippen LogP contribution is -2.09. The number of aromatic amines is 1. The molecule has 2 heterocycles. The summed E-state index contributed by atoms with van der Waals surface area (Å²) in [5.41, 5.74) is 2.98. The molecule has 67 valence electrons. The van der Waals surface area contributed by atoms with Gasteiger partial charge in [0, 0.05) is 17.1 Å². The highest BCUT2D eigenvalue weighted by Gasteiger charge is 2.07. The summed E-state index contributed by atoms with van der Waals surface area (Å²) in [6, 6.07) is 6.03. The number of hydrogen-bond acceptors (Lipinski definition) is 2. The van der Waals surface area contributed by atoms with E-state index in [4.69, 9.17) is 4.42 Å². The summed E-state index contributed by atoms with van der Waals surface area (Å²) in [5.74, 6) is 2.12. The van der Waals surface area contributed by atoms with Crippen LogP contribution in [0.3, 0.4) is 0 Å². The SMILES string of the molecule is [CH3][Al][c]1nc2c(ccc3[nH]ccc32)o1. The fourth-order valence-electron chi connectivity index (χ4n) is 1.66. The number of aromatic nitrogens is 2. The number of nitrogens with zero attached hydrogens (tertiary/aromatic N) is 1. The van der Waals surface area contributed by atoms with Crippen LogP contribution in [0, 0.1) is 0 Å². The molecule has 3 rings (SSSR count). The Bertz CT molecular complexity index is 596. The van der Waals surface area contributed by atoms with Crippen LogP contribution in [0.15, 0.2) is 28.8 Å². The van der Waals surface area contributed by atoms with Crippen LogP contribution < -0.4 is 4.75 Å². The van der Waals surface area contributed by atoms with E-state index in [1.54, 1.807) is 0 Å². The van der Waals surface area contributed by atoms with E-state index in [-0.39, 0.29) is 15.2 Å². The fourth-order valence-corrected chi connectivity index (χ4v) is 2.17. The number of oxazole rings is 1. The first-order valence-electron chi connectivity index (χ1n) is 4.54. The number of fused-ring (bicyclic) bond motifs is 3. The van der Waals surface area contributed by atoms with Gasteiger partial charge in [-0.3, -0.25) is 0 Å². The fraction of sp³-hybridized carbons (Fsp3) is 0.100. The molecule has 2 aromatic heterocycles. The molecule has 0 saturated carbocycles. The summed E-state index contributed by atoms with van der Waals surface area (Å²) >= 11 is 0.150. The van der Waals surface area contributed by atoms with Crippen molar-refractivity contribution in [1.82, 2.24) is 9.97 Å². The van der Waals surface area contributed by atoms with Crippen LogP contribution in [-0.2, 0) is 0 Å². The van der Waals surface area contributed by atoms with Gasteiger partial charge >= 0.3 is 15.2 Å². The standard InChI is InChI=1S/C9H5N2O.CH3.Al/c1-2-8-9(11-5-12-8)6-3-4-10-7(1)6;;/h1-4,10H;1H3;. The Morgan fingerprint density at radius 3 is 3.14 bits per heavy atom. The molecule has 0 saturated heterocycles. The van der Waals surface area contributed by atoms with Crippen molar-refractivity contribution >= 4 is 42.0 Å². The van der Waals surface area contributed by atoms with Crippen molar-refractivity contribution in [1.29, 1.82) is 0 Å². The molecule has 3 aromatic rings. The Kier molecular flexibility index (Phi) is 1.66. The molecule has 1 N–H and O–H groups in total. The smallest absolute Gasteiger partial charge is 0.343 e. The number of rotatable bonds is 1. The highest BCUT2D eigenvalue weighted by molar-refractivity contribution is 6.49. The van der Waals surface area contributed by atoms with Gasteiger partial charge in [0.15, 0.2) is 5.58 Å². The van der Waals surface area contributed by atoms with E-state index in [1.165, 1.54) is 0 Å². The van der Waals surface area contributed by atoms with Gasteiger partial charge in [-0.05, 0) is 18.2 Å². The number of H-pyrrole nitrogens is 1. The van der Waals surface area contributed by atoms with Crippen LogP contribution in [-0.4, -0.2) is 25.2 Å². The van der Waals surface area contributed by atoms with Gasteiger partial charge in [-0.2, -0.15) is 0 Å². The zero-order valence-electron chi connectivity index (χ0n) is 7.74. The lowest BCUT2D eigenvalue weighted by Gasteiger charge is -1.88. The molecule has 0 atom stereocenters. The molecule has 0 aliphatic rings. The normalized spacial score (nSPS) is 11.2. The van der Waals surface area contributed by atoms with Crippen LogP contribution in [0.1, 0.15) is 0 Å². The molecule has 3 nitrogen and oxygen atoms in total. The van der Waals surface area contributed by atoms with Crippen LogP contribution in [0.5, 0.6) is 0 Å². The Labute approximate surface area is 86.8 Å². The van der Waals surface area contributed by atoms with E-state index in [1.807, 2.05) is 24.4 Å². The first-order valence-corrected chi connectivity index (χ1v) is 6.27. The van der Waals surface area contributed by atoms with Crippen LogP contribution in [0.4, 0.5) is 0 Å². The minimum atomic E-state index is 0.150. The molecule has 0 spiro atoms. The summed E-state index contributed by atoms with van der Waals surface area (Å²) in [4.78, 5) is 7.65. The molecular weight excluding hydrogens is 191 g/mol. The van der Waals surface area contributed by atoms with E-state index >= 15 is 0 Å². The van der Waals surface area contributed by atoms with Crippen LogP contribution in [0.25, 0.3) is 22.0 Å². The first-order chi connectivity index (χ1) is 6.88. The molecule has 0 amide bonds. The topological polar surface area (TPSA) is 41.8 Å². The van der Waals surface area contributed by atoms with E-state index in [0.717, 1.165) is 26.8 Å². The average Bonchev–Trinajstić information content (AvgIpc) is 2.82. The van der Waals surface area contributed by atoms with Gasteiger partial charge < -0.3 is 9.40 Å². The van der Waals surface area contributed by atoms with Crippen LogP contribution in [0.2, 0.25) is 5.79 Å². The number of benzene rings is 1.